The molecule has 0 N–H and O–H groups in total. The van der Waals surface area contributed by atoms with Crippen molar-refractivity contribution in [1.29, 1.82) is 0 Å². The molecule has 0 spiro atoms. The van der Waals surface area contributed by atoms with Gasteiger partial charge in [0.05, 0.1) is 5.69 Å². The Bertz CT molecular complexity index is 1100. The molecule has 172 valence electrons. The van der Waals surface area contributed by atoms with Crippen LogP contribution in [0.4, 0.5) is 5.69 Å². The highest BCUT2D eigenvalue weighted by Gasteiger charge is 2.52. The summed E-state index contributed by atoms with van der Waals surface area (Å²) >= 11 is 6.22. The van der Waals surface area contributed by atoms with E-state index in [1.165, 1.54) is 0 Å². The smallest absolute Gasteiger partial charge is 0.256 e. The van der Waals surface area contributed by atoms with E-state index in [9.17, 15) is 4.79 Å². The number of para-hydroxylation sites is 1. The zero-order valence-corrected chi connectivity index (χ0v) is 20.4. The molecule has 3 aromatic carbocycles. The maximum absolute atomic E-state index is 14.4. The van der Waals surface area contributed by atoms with Crippen molar-refractivity contribution < 1.29 is 4.79 Å². The van der Waals surface area contributed by atoms with Gasteiger partial charge in [-0.25, -0.2) is 10.0 Å². The number of hydrazine groups is 1. The zero-order chi connectivity index (χ0) is 23.4. The second-order valence-corrected chi connectivity index (χ2v) is 9.06. The van der Waals surface area contributed by atoms with Crippen molar-refractivity contribution in [3.63, 3.8) is 0 Å². The molecule has 4 rings (SSSR count). The van der Waals surface area contributed by atoms with Gasteiger partial charge >= 0.3 is 0 Å². The molecule has 5 heteroatoms. The fourth-order valence-corrected chi connectivity index (χ4v) is 5.20. The highest BCUT2D eigenvalue weighted by atomic mass is 35.5. The Morgan fingerprint density at radius 3 is 2.30 bits per heavy atom. The number of hydrogen-bond donors (Lipinski definition) is 0. The van der Waals surface area contributed by atoms with Gasteiger partial charge in [-0.2, -0.15) is 0 Å². The molecule has 0 aromatic heterocycles. The molecule has 0 aliphatic carbocycles. The summed E-state index contributed by atoms with van der Waals surface area (Å²) in [5, 5.41) is 4.58. The van der Waals surface area contributed by atoms with Crippen molar-refractivity contribution in [3.05, 3.63) is 101 Å². The molecule has 1 unspecified atom stereocenters. The number of halogens is 1. The molecule has 0 fully saturated rings. The molecule has 33 heavy (non-hydrogen) atoms. The molecule has 0 saturated carbocycles. The fraction of sp³-hybridized carbons (Fsp3) is 0.321. The summed E-state index contributed by atoms with van der Waals surface area (Å²) in [6.07, 6.45) is 0.732. The highest BCUT2D eigenvalue weighted by molar-refractivity contribution is 6.30. The third-order valence-electron chi connectivity index (χ3n) is 6.76. The van der Waals surface area contributed by atoms with Crippen molar-refractivity contribution >= 4 is 23.2 Å². The summed E-state index contributed by atoms with van der Waals surface area (Å²) in [7, 11) is 1.97. The van der Waals surface area contributed by atoms with Crippen LogP contribution in [0.1, 0.15) is 37.0 Å². The van der Waals surface area contributed by atoms with Crippen LogP contribution >= 0.6 is 11.6 Å². The number of carbonyl (C=O) groups excluding carboxylic acids is 1. The highest BCUT2D eigenvalue weighted by Crippen LogP contribution is 2.49. The lowest BCUT2D eigenvalue weighted by Crippen LogP contribution is -2.49. The Morgan fingerprint density at radius 1 is 0.909 bits per heavy atom. The molecular weight excluding hydrogens is 430 g/mol. The maximum atomic E-state index is 14.4. The molecule has 1 heterocycles. The lowest BCUT2D eigenvalue weighted by molar-refractivity contribution is -0.125. The normalized spacial score (nSPS) is 17.8. The summed E-state index contributed by atoms with van der Waals surface area (Å²) in [4.78, 5) is 16.8. The van der Waals surface area contributed by atoms with E-state index in [1.807, 2.05) is 71.7 Å². The van der Waals surface area contributed by atoms with Gasteiger partial charge in [-0.3, -0.25) is 4.79 Å². The molecule has 4 nitrogen and oxygen atoms in total. The number of rotatable bonds is 9. The molecule has 1 amide bonds. The monoisotopic (exact) mass is 461 g/mol. The van der Waals surface area contributed by atoms with E-state index >= 15 is 0 Å². The molecule has 0 radical (unpaired) electrons. The van der Waals surface area contributed by atoms with E-state index in [0.29, 0.717) is 11.6 Å². The average molecular weight is 462 g/mol. The van der Waals surface area contributed by atoms with Crippen LogP contribution in [0.3, 0.4) is 0 Å². The Hall–Kier alpha value is -2.66. The molecule has 1 atom stereocenters. The Morgan fingerprint density at radius 2 is 1.61 bits per heavy atom. The average Bonchev–Trinajstić information content (AvgIpc) is 3.09. The number of amides is 1. The first kappa shape index (κ1) is 23.5. The number of benzene rings is 3. The number of anilines is 1. The molecule has 1 aliphatic heterocycles. The predicted octanol–water partition coefficient (Wildman–Crippen LogP) is 5.75. The molecular formula is C28H32ClN3O. The SMILES string of the molecule is CCN(CC)CCC1(c2ccccc2)C(=O)N(N(C)Cc2cccc(Cl)c2)c2ccccc21. The molecule has 0 bridgehead atoms. The fourth-order valence-electron chi connectivity index (χ4n) is 4.99. The third kappa shape index (κ3) is 4.43. The summed E-state index contributed by atoms with van der Waals surface area (Å²) in [6, 6.07) is 26.3. The van der Waals surface area contributed by atoms with E-state index in [0.717, 1.165) is 48.4 Å². The first-order chi connectivity index (χ1) is 16.0. The summed E-state index contributed by atoms with van der Waals surface area (Å²) in [6.45, 7) is 7.73. The lowest BCUT2D eigenvalue weighted by Gasteiger charge is -2.34. The van der Waals surface area contributed by atoms with Gasteiger partial charge in [-0.15, -0.1) is 0 Å². The van der Waals surface area contributed by atoms with Crippen molar-refractivity contribution in [2.45, 2.75) is 32.2 Å². The number of nitrogens with zero attached hydrogens (tertiary/aromatic N) is 3. The predicted molar refractivity (Wildman–Crippen MR) is 136 cm³/mol. The van der Waals surface area contributed by atoms with E-state index < -0.39 is 5.41 Å². The van der Waals surface area contributed by atoms with E-state index in [-0.39, 0.29) is 5.91 Å². The van der Waals surface area contributed by atoms with Crippen LogP contribution in [0.25, 0.3) is 0 Å². The van der Waals surface area contributed by atoms with Crippen LogP contribution in [-0.4, -0.2) is 42.5 Å². The molecule has 0 saturated heterocycles. The standard InChI is InChI=1S/C28H32ClN3O/c1-4-31(5-2)19-18-28(23-13-7-6-8-14-23)25-16-9-10-17-26(25)32(27(28)33)30(3)21-22-12-11-15-24(29)20-22/h6-17,20H,4-5,18-19,21H2,1-3H3. The van der Waals surface area contributed by atoms with Gasteiger partial charge in [0, 0.05) is 18.6 Å². The minimum absolute atomic E-state index is 0.103. The summed E-state index contributed by atoms with van der Waals surface area (Å²) < 4.78 is 0. The molecule has 3 aromatic rings. The minimum atomic E-state index is -0.719. The van der Waals surface area contributed by atoms with Crippen LogP contribution < -0.4 is 5.01 Å². The quantitative estimate of drug-likeness (QED) is 0.406. The largest absolute Gasteiger partial charge is 0.304 e. The third-order valence-corrected chi connectivity index (χ3v) is 6.99. The topological polar surface area (TPSA) is 26.8 Å². The Balaban J connectivity index is 1.78. The number of fused-ring (bicyclic) bond motifs is 1. The maximum Gasteiger partial charge on any atom is 0.256 e. The van der Waals surface area contributed by atoms with Crippen LogP contribution in [0, 0.1) is 0 Å². The van der Waals surface area contributed by atoms with Crippen molar-refractivity contribution in [2.75, 3.05) is 31.7 Å². The first-order valence-corrected chi connectivity index (χ1v) is 12.1. The number of carbonyl (C=O) groups is 1. The Labute approximate surface area is 202 Å². The minimum Gasteiger partial charge on any atom is -0.304 e. The van der Waals surface area contributed by atoms with Crippen LogP contribution in [0.2, 0.25) is 5.02 Å². The molecule has 1 aliphatic rings. The van der Waals surface area contributed by atoms with Gasteiger partial charge < -0.3 is 4.90 Å². The Kier molecular flexibility index (Phi) is 7.18. The second kappa shape index (κ2) is 10.1. The van der Waals surface area contributed by atoms with Gasteiger partial charge in [0.25, 0.3) is 5.91 Å². The van der Waals surface area contributed by atoms with Crippen LogP contribution in [0.5, 0.6) is 0 Å². The van der Waals surface area contributed by atoms with E-state index in [1.54, 1.807) is 0 Å². The van der Waals surface area contributed by atoms with Gasteiger partial charge in [-0.1, -0.05) is 86.1 Å². The van der Waals surface area contributed by atoms with Gasteiger partial charge in [0.15, 0.2) is 0 Å². The van der Waals surface area contributed by atoms with Gasteiger partial charge in [-0.05, 0) is 60.9 Å². The van der Waals surface area contributed by atoms with E-state index in [2.05, 4.69) is 43.0 Å². The number of hydrogen-bond acceptors (Lipinski definition) is 3. The van der Waals surface area contributed by atoms with Crippen LogP contribution in [0.15, 0.2) is 78.9 Å². The van der Waals surface area contributed by atoms with E-state index in [4.69, 9.17) is 11.6 Å². The summed E-state index contributed by atoms with van der Waals surface area (Å²) in [5.74, 6) is 0.103. The first-order valence-electron chi connectivity index (χ1n) is 11.7. The lowest BCUT2D eigenvalue weighted by atomic mass is 9.72. The second-order valence-electron chi connectivity index (χ2n) is 8.63. The van der Waals surface area contributed by atoms with Crippen molar-refractivity contribution in [3.8, 4) is 0 Å². The van der Waals surface area contributed by atoms with Gasteiger partial charge in [0.1, 0.15) is 5.41 Å². The van der Waals surface area contributed by atoms with Crippen molar-refractivity contribution in [1.82, 2.24) is 9.91 Å². The van der Waals surface area contributed by atoms with Crippen molar-refractivity contribution in [2.24, 2.45) is 0 Å². The summed E-state index contributed by atoms with van der Waals surface area (Å²) in [5.41, 5.74) is 3.42. The zero-order valence-electron chi connectivity index (χ0n) is 19.7. The van der Waals surface area contributed by atoms with Crippen LogP contribution in [-0.2, 0) is 16.8 Å². The van der Waals surface area contributed by atoms with Gasteiger partial charge in [0.2, 0.25) is 0 Å².